The van der Waals surface area contributed by atoms with Crippen LogP contribution in [0.25, 0.3) is 5.65 Å². The topological polar surface area (TPSA) is 79.6 Å². The van der Waals surface area contributed by atoms with Crippen molar-refractivity contribution in [3.8, 4) is 0 Å². The van der Waals surface area contributed by atoms with Crippen LogP contribution >= 0.6 is 11.3 Å². The number of carbonyl (C=O) groups is 2. The van der Waals surface area contributed by atoms with Gasteiger partial charge in [-0.3, -0.25) is 14.0 Å². The Labute approximate surface area is 173 Å². The highest BCUT2D eigenvalue weighted by Gasteiger charge is 2.28. The van der Waals surface area contributed by atoms with E-state index >= 15 is 0 Å². The van der Waals surface area contributed by atoms with Crippen molar-refractivity contribution in [1.29, 1.82) is 0 Å². The third-order valence-electron chi connectivity index (χ3n) is 5.45. The van der Waals surface area contributed by atoms with Gasteiger partial charge in [-0.1, -0.05) is 13.0 Å². The van der Waals surface area contributed by atoms with Crippen LogP contribution in [0.3, 0.4) is 0 Å². The molecule has 7 nitrogen and oxygen atoms in total. The van der Waals surface area contributed by atoms with Gasteiger partial charge in [0.1, 0.15) is 5.82 Å². The lowest BCUT2D eigenvalue weighted by Gasteiger charge is -2.32. The molecule has 0 aliphatic carbocycles. The lowest BCUT2D eigenvalue weighted by molar-refractivity contribution is -0.131. The van der Waals surface area contributed by atoms with Crippen LogP contribution in [-0.4, -0.2) is 50.9 Å². The first-order chi connectivity index (χ1) is 14.1. The second-order valence-corrected chi connectivity index (χ2v) is 8.56. The SMILES string of the molecule is CCc1sc(C(=O)NCC(=O)N2CCC[C@@H](c3nnc4ccccn34)C2)cc1C. The molecule has 1 fully saturated rings. The predicted octanol–water partition coefficient (Wildman–Crippen LogP) is 2.80. The number of aromatic nitrogens is 3. The average Bonchev–Trinajstić information content (AvgIpc) is 3.35. The molecule has 2 amide bonds. The maximum Gasteiger partial charge on any atom is 0.261 e. The molecule has 1 atom stereocenters. The number of fused-ring (bicyclic) bond motifs is 1. The van der Waals surface area contributed by atoms with Gasteiger partial charge in [0, 0.05) is 30.1 Å². The van der Waals surface area contributed by atoms with Crippen molar-refractivity contribution in [2.75, 3.05) is 19.6 Å². The number of likely N-dealkylation sites (tertiary alicyclic amines) is 1. The highest BCUT2D eigenvalue weighted by atomic mass is 32.1. The Morgan fingerprint density at radius 1 is 1.31 bits per heavy atom. The molecular formula is C21H25N5O2S. The van der Waals surface area contributed by atoms with Crippen LogP contribution in [0.5, 0.6) is 0 Å². The molecule has 1 saturated heterocycles. The zero-order valence-corrected chi connectivity index (χ0v) is 17.5. The molecular weight excluding hydrogens is 386 g/mol. The van der Waals surface area contributed by atoms with E-state index in [4.69, 9.17) is 0 Å². The summed E-state index contributed by atoms with van der Waals surface area (Å²) in [6.07, 6.45) is 4.75. The molecule has 3 aromatic rings. The third-order valence-corrected chi connectivity index (χ3v) is 6.83. The maximum atomic E-state index is 12.7. The van der Waals surface area contributed by atoms with Crippen LogP contribution in [0.2, 0.25) is 0 Å². The van der Waals surface area contributed by atoms with Crippen molar-refractivity contribution in [2.24, 2.45) is 0 Å². The summed E-state index contributed by atoms with van der Waals surface area (Å²) in [6.45, 7) is 5.42. The molecule has 0 spiro atoms. The summed E-state index contributed by atoms with van der Waals surface area (Å²) in [7, 11) is 0. The smallest absolute Gasteiger partial charge is 0.261 e. The largest absolute Gasteiger partial charge is 0.342 e. The Morgan fingerprint density at radius 2 is 2.17 bits per heavy atom. The van der Waals surface area contributed by atoms with Gasteiger partial charge in [-0.15, -0.1) is 21.5 Å². The average molecular weight is 412 g/mol. The molecule has 4 rings (SSSR count). The van der Waals surface area contributed by atoms with Crippen LogP contribution in [0.15, 0.2) is 30.5 Å². The summed E-state index contributed by atoms with van der Waals surface area (Å²) in [5.74, 6) is 0.806. The minimum absolute atomic E-state index is 0.0184. The number of hydrogen-bond donors (Lipinski definition) is 1. The molecule has 4 heterocycles. The molecule has 0 radical (unpaired) electrons. The van der Waals surface area contributed by atoms with E-state index in [1.54, 1.807) is 0 Å². The fourth-order valence-corrected chi connectivity index (χ4v) is 4.92. The number of amides is 2. The number of carbonyl (C=O) groups excluding carboxylic acids is 2. The minimum atomic E-state index is -0.178. The zero-order chi connectivity index (χ0) is 20.4. The van der Waals surface area contributed by atoms with Crippen LogP contribution in [0.4, 0.5) is 0 Å². The molecule has 1 aliphatic heterocycles. The number of hydrogen-bond acceptors (Lipinski definition) is 5. The van der Waals surface area contributed by atoms with Gasteiger partial charge in [0.15, 0.2) is 5.65 Å². The standard InChI is InChI=1S/C21H25N5O2S/c1-3-16-14(2)11-17(29-16)21(28)22-12-19(27)25-9-6-7-15(13-25)20-24-23-18-8-4-5-10-26(18)20/h4-5,8,10-11,15H,3,6-7,9,12-13H2,1-2H3,(H,22,28)/t15-/m1/s1. The molecule has 8 heteroatoms. The number of aryl methyl sites for hydroxylation is 2. The number of nitrogens with zero attached hydrogens (tertiary/aromatic N) is 4. The van der Waals surface area contributed by atoms with Crippen LogP contribution < -0.4 is 5.32 Å². The fraction of sp³-hybridized carbons (Fsp3) is 0.429. The first-order valence-corrected chi connectivity index (χ1v) is 10.8. The van der Waals surface area contributed by atoms with Gasteiger partial charge in [0.25, 0.3) is 5.91 Å². The molecule has 152 valence electrons. The molecule has 0 bridgehead atoms. The fourth-order valence-electron chi connectivity index (χ4n) is 3.89. The van der Waals surface area contributed by atoms with E-state index in [-0.39, 0.29) is 24.3 Å². The van der Waals surface area contributed by atoms with Gasteiger partial charge >= 0.3 is 0 Å². The number of piperidine rings is 1. The number of thiophene rings is 1. The van der Waals surface area contributed by atoms with Gasteiger partial charge in [0.2, 0.25) is 5.91 Å². The predicted molar refractivity (Wildman–Crippen MR) is 112 cm³/mol. The Kier molecular flexibility index (Phi) is 5.62. The van der Waals surface area contributed by atoms with Crippen LogP contribution in [0.1, 0.15) is 51.6 Å². The first-order valence-electron chi connectivity index (χ1n) is 10.0. The quantitative estimate of drug-likeness (QED) is 0.700. The molecule has 1 aliphatic rings. The lowest BCUT2D eigenvalue weighted by Crippen LogP contribution is -2.44. The summed E-state index contributed by atoms with van der Waals surface area (Å²) in [6, 6.07) is 7.72. The monoisotopic (exact) mass is 411 g/mol. The van der Waals surface area contributed by atoms with Crippen molar-refractivity contribution in [3.05, 3.63) is 51.6 Å². The van der Waals surface area contributed by atoms with E-state index in [2.05, 4.69) is 22.4 Å². The maximum absolute atomic E-state index is 12.7. The van der Waals surface area contributed by atoms with Crippen molar-refractivity contribution in [1.82, 2.24) is 24.8 Å². The molecule has 1 N–H and O–H groups in total. The molecule has 29 heavy (non-hydrogen) atoms. The highest BCUT2D eigenvalue weighted by molar-refractivity contribution is 7.14. The first kappa shape index (κ1) is 19.6. The summed E-state index contributed by atoms with van der Waals surface area (Å²) in [5.41, 5.74) is 1.95. The van der Waals surface area contributed by atoms with Crippen molar-refractivity contribution in [3.63, 3.8) is 0 Å². The molecule has 0 saturated carbocycles. The van der Waals surface area contributed by atoms with Gasteiger partial charge in [-0.2, -0.15) is 0 Å². The molecule has 0 aromatic carbocycles. The van der Waals surface area contributed by atoms with Gasteiger partial charge in [-0.25, -0.2) is 0 Å². The normalized spacial score (nSPS) is 16.9. The van der Waals surface area contributed by atoms with Crippen LogP contribution in [0, 0.1) is 6.92 Å². The summed E-state index contributed by atoms with van der Waals surface area (Å²) in [4.78, 5) is 28.8. The minimum Gasteiger partial charge on any atom is -0.342 e. The second kappa shape index (κ2) is 8.32. The van der Waals surface area contributed by atoms with E-state index in [9.17, 15) is 9.59 Å². The Bertz CT molecular complexity index is 1040. The van der Waals surface area contributed by atoms with E-state index in [0.29, 0.717) is 18.0 Å². The zero-order valence-electron chi connectivity index (χ0n) is 16.7. The van der Waals surface area contributed by atoms with E-state index in [0.717, 1.165) is 36.3 Å². The molecule has 0 unspecified atom stereocenters. The number of rotatable bonds is 5. The van der Waals surface area contributed by atoms with E-state index in [1.807, 2.05) is 46.7 Å². The second-order valence-electron chi connectivity index (χ2n) is 7.42. The van der Waals surface area contributed by atoms with Gasteiger partial charge in [0.05, 0.1) is 11.4 Å². The summed E-state index contributed by atoms with van der Waals surface area (Å²) < 4.78 is 1.99. The Hall–Kier alpha value is -2.74. The van der Waals surface area contributed by atoms with E-state index < -0.39 is 0 Å². The molecule has 3 aromatic heterocycles. The number of pyridine rings is 1. The Morgan fingerprint density at radius 3 is 2.97 bits per heavy atom. The van der Waals surface area contributed by atoms with Gasteiger partial charge < -0.3 is 10.2 Å². The number of nitrogens with one attached hydrogen (secondary N) is 1. The van der Waals surface area contributed by atoms with E-state index in [1.165, 1.54) is 16.2 Å². The van der Waals surface area contributed by atoms with Crippen molar-refractivity contribution >= 4 is 28.8 Å². The highest BCUT2D eigenvalue weighted by Crippen LogP contribution is 2.26. The van der Waals surface area contributed by atoms with Crippen LogP contribution in [-0.2, 0) is 11.2 Å². The van der Waals surface area contributed by atoms with Gasteiger partial charge in [-0.05, 0) is 49.9 Å². The summed E-state index contributed by atoms with van der Waals surface area (Å²) >= 11 is 1.50. The Balaban J connectivity index is 1.38. The lowest BCUT2D eigenvalue weighted by atomic mass is 9.97. The van der Waals surface area contributed by atoms with Crippen molar-refractivity contribution < 1.29 is 9.59 Å². The summed E-state index contributed by atoms with van der Waals surface area (Å²) in [5, 5.41) is 11.4. The van der Waals surface area contributed by atoms with Crippen molar-refractivity contribution in [2.45, 2.75) is 39.0 Å². The third kappa shape index (κ3) is 4.03.